The lowest BCUT2D eigenvalue weighted by molar-refractivity contribution is -0.142. The molecule has 0 spiro atoms. The molecule has 1 fully saturated rings. The molecule has 2 aliphatic heterocycles. The predicted molar refractivity (Wildman–Crippen MR) is 82.6 cm³/mol. The van der Waals surface area contributed by atoms with Crippen molar-refractivity contribution in [1.82, 2.24) is 4.90 Å². The molecular weight excluding hydrogens is 298 g/mol. The van der Waals surface area contributed by atoms with Gasteiger partial charge in [-0.15, -0.1) is 0 Å². The molecule has 0 aromatic heterocycles. The number of nitrogens with one attached hydrogen (secondary N) is 1. The molecule has 3 rings (SSSR count). The van der Waals surface area contributed by atoms with Gasteiger partial charge in [0.2, 0.25) is 23.6 Å². The van der Waals surface area contributed by atoms with Crippen LogP contribution in [0.25, 0.3) is 0 Å². The standard InChI is InChI=1S/C16H17N3O4/c1-16(2)15(23)17-10-5-3-4-6-11(10)19(16)14(22)9-18-12(20)7-8-13(18)21/h3-6H,7-9H2,1-2H3,(H,17,23). The largest absolute Gasteiger partial charge is 0.322 e. The number of hydrogen-bond acceptors (Lipinski definition) is 4. The van der Waals surface area contributed by atoms with Crippen LogP contribution in [0.1, 0.15) is 26.7 Å². The Bertz CT molecular complexity index is 710. The summed E-state index contributed by atoms with van der Waals surface area (Å²) in [6.45, 7) is 2.91. The number of nitrogens with zero attached hydrogens (tertiary/aromatic N) is 2. The van der Waals surface area contributed by atoms with E-state index in [1.54, 1.807) is 38.1 Å². The number of hydrogen-bond donors (Lipinski definition) is 1. The highest BCUT2D eigenvalue weighted by Crippen LogP contribution is 2.36. The fourth-order valence-corrected chi connectivity index (χ4v) is 2.90. The van der Waals surface area contributed by atoms with Gasteiger partial charge in [0, 0.05) is 12.8 Å². The third kappa shape index (κ3) is 2.38. The molecule has 0 bridgehead atoms. The number of benzene rings is 1. The summed E-state index contributed by atoms with van der Waals surface area (Å²) in [4.78, 5) is 50.9. The monoisotopic (exact) mass is 315 g/mol. The second kappa shape index (κ2) is 5.19. The lowest BCUT2D eigenvalue weighted by Gasteiger charge is -2.42. The smallest absolute Gasteiger partial charge is 0.250 e. The van der Waals surface area contributed by atoms with Gasteiger partial charge >= 0.3 is 0 Å². The first-order chi connectivity index (χ1) is 10.8. The molecule has 0 aliphatic carbocycles. The summed E-state index contributed by atoms with van der Waals surface area (Å²) in [6, 6.07) is 6.95. The van der Waals surface area contributed by atoms with Crippen molar-refractivity contribution < 1.29 is 19.2 Å². The summed E-state index contributed by atoms with van der Waals surface area (Å²) in [5.41, 5.74) is -0.0255. The summed E-state index contributed by atoms with van der Waals surface area (Å²) in [6.07, 6.45) is 0.263. The van der Waals surface area contributed by atoms with E-state index in [-0.39, 0.29) is 37.1 Å². The number of anilines is 2. The van der Waals surface area contributed by atoms with Gasteiger partial charge in [0.15, 0.2) is 0 Å². The van der Waals surface area contributed by atoms with Gasteiger partial charge in [-0.1, -0.05) is 12.1 Å². The number of amides is 4. The molecule has 7 nitrogen and oxygen atoms in total. The molecule has 1 N–H and O–H groups in total. The van der Waals surface area contributed by atoms with Gasteiger partial charge in [0.1, 0.15) is 12.1 Å². The van der Waals surface area contributed by atoms with E-state index in [9.17, 15) is 19.2 Å². The molecule has 1 saturated heterocycles. The van der Waals surface area contributed by atoms with Crippen LogP contribution in [0.5, 0.6) is 0 Å². The fraction of sp³-hybridized carbons (Fsp3) is 0.375. The zero-order valence-electron chi connectivity index (χ0n) is 13.0. The number of likely N-dealkylation sites (tertiary alicyclic amines) is 1. The Labute approximate surface area is 133 Å². The second-order valence-corrected chi connectivity index (χ2v) is 6.13. The minimum absolute atomic E-state index is 0.132. The second-order valence-electron chi connectivity index (χ2n) is 6.13. The molecule has 0 atom stereocenters. The SMILES string of the molecule is CC1(C)C(=O)Nc2ccccc2N1C(=O)CN1C(=O)CCC1=O. The van der Waals surface area contributed by atoms with E-state index in [1.807, 2.05) is 0 Å². The summed E-state index contributed by atoms with van der Waals surface area (Å²) < 4.78 is 0. The van der Waals surface area contributed by atoms with Crippen LogP contribution in [0.15, 0.2) is 24.3 Å². The van der Waals surface area contributed by atoms with Crippen LogP contribution in [0.2, 0.25) is 0 Å². The van der Waals surface area contributed by atoms with Crippen LogP contribution in [-0.2, 0) is 19.2 Å². The molecule has 0 saturated carbocycles. The first kappa shape index (κ1) is 15.2. The highest BCUT2D eigenvalue weighted by atomic mass is 16.2. The Kier molecular flexibility index (Phi) is 3.43. The van der Waals surface area contributed by atoms with Crippen LogP contribution in [0.3, 0.4) is 0 Å². The summed E-state index contributed by atoms with van der Waals surface area (Å²) in [5.74, 6) is -1.48. The van der Waals surface area contributed by atoms with Crippen LogP contribution in [0.4, 0.5) is 11.4 Å². The van der Waals surface area contributed by atoms with E-state index in [1.165, 1.54) is 4.90 Å². The van der Waals surface area contributed by atoms with Gasteiger partial charge in [-0.3, -0.25) is 29.0 Å². The lowest BCUT2D eigenvalue weighted by Crippen LogP contribution is -2.60. The van der Waals surface area contributed by atoms with Crippen LogP contribution >= 0.6 is 0 Å². The Morgan fingerprint density at radius 3 is 2.39 bits per heavy atom. The van der Waals surface area contributed by atoms with Gasteiger partial charge in [-0.2, -0.15) is 0 Å². The van der Waals surface area contributed by atoms with E-state index in [0.29, 0.717) is 11.4 Å². The highest BCUT2D eigenvalue weighted by Gasteiger charge is 2.44. The maximum Gasteiger partial charge on any atom is 0.250 e. The van der Waals surface area contributed by atoms with Crippen molar-refractivity contribution in [1.29, 1.82) is 0 Å². The Balaban J connectivity index is 1.96. The zero-order chi connectivity index (χ0) is 16.8. The molecule has 2 aliphatic rings. The normalized spacial score (nSPS) is 19.7. The average molecular weight is 315 g/mol. The lowest BCUT2D eigenvalue weighted by atomic mass is 9.96. The van der Waals surface area contributed by atoms with E-state index in [2.05, 4.69) is 5.32 Å². The summed E-state index contributed by atoms with van der Waals surface area (Å²) in [5, 5.41) is 2.77. The number of carbonyl (C=O) groups excluding carboxylic acids is 4. The Hall–Kier alpha value is -2.70. The number of rotatable bonds is 2. The number of para-hydroxylation sites is 2. The van der Waals surface area contributed by atoms with Gasteiger partial charge in [0.05, 0.1) is 11.4 Å². The van der Waals surface area contributed by atoms with E-state index < -0.39 is 11.4 Å². The topological polar surface area (TPSA) is 86.8 Å². The molecule has 2 heterocycles. The molecule has 0 radical (unpaired) electrons. The first-order valence-electron chi connectivity index (χ1n) is 7.39. The summed E-state index contributed by atoms with van der Waals surface area (Å²) >= 11 is 0. The molecule has 120 valence electrons. The molecule has 23 heavy (non-hydrogen) atoms. The highest BCUT2D eigenvalue weighted by molar-refractivity contribution is 6.15. The maximum atomic E-state index is 12.8. The maximum absolute atomic E-state index is 12.8. The third-order valence-electron chi connectivity index (χ3n) is 4.21. The molecule has 0 unspecified atom stereocenters. The van der Waals surface area contributed by atoms with Crippen molar-refractivity contribution in [2.45, 2.75) is 32.2 Å². The van der Waals surface area contributed by atoms with Gasteiger partial charge in [-0.05, 0) is 26.0 Å². The number of imide groups is 1. The van der Waals surface area contributed by atoms with E-state index >= 15 is 0 Å². The van der Waals surface area contributed by atoms with Crippen molar-refractivity contribution in [2.24, 2.45) is 0 Å². The fourth-order valence-electron chi connectivity index (χ4n) is 2.90. The van der Waals surface area contributed by atoms with Crippen LogP contribution < -0.4 is 10.2 Å². The van der Waals surface area contributed by atoms with Crippen molar-refractivity contribution in [2.75, 3.05) is 16.8 Å². The molecule has 1 aromatic carbocycles. The van der Waals surface area contributed by atoms with Crippen molar-refractivity contribution in [3.05, 3.63) is 24.3 Å². The first-order valence-corrected chi connectivity index (χ1v) is 7.39. The molecular formula is C16H17N3O4. The van der Waals surface area contributed by atoms with Crippen molar-refractivity contribution in [3.8, 4) is 0 Å². The Morgan fingerprint density at radius 1 is 1.13 bits per heavy atom. The Morgan fingerprint density at radius 2 is 1.74 bits per heavy atom. The molecule has 4 amide bonds. The predicted octanol–water partition coefficient (Wildman–Crippen LogP) is 0.899. The minimum Gasteiger partial charge on any atom is -0.322 e. The van der Waals surface area contributed by atoms with Crippen molar-refractivity contribution in [3.63, 3.8) is 0 Å². The zero-order valence-corrected chi connectivity index (χ0v) is 13.0. The summed E-state index contributed by atoms with van der Waals surface area (Å²) in [7, 11) is 0. The average Bonchev–Trinajstić information content (AvgIpc) is 2.80. The van der Waals surface area contributed by atoms with Gasteiger partial charge in [0.25, 0.3) is 0 Å². The van der Waals surface area contributed by atoms with E-state index in [0.717, 1.165) is 4.90 Å². The van der Waals surface area contributed by atoms with Gasteiger partial charge < -0.3 is 5.32 Å². The number of fused-ring (bicyclic) bond motifs is 1. The van der Waals surface area contributed by atoms with Crippen LogP contribution in [0, 0.1) is 0 Å². The molecule has 7 heteroatoms. The minimum atomic E-state index is -1.11. The third-order valence-corrected chi connectivity index (χ3v) is 4.21. The number of carbonyl (C=O) groups is 4. The molecule has 1 aromatic rings. The quantitative estimate of drug-likeness (QED) is 0.822. The van der Waals surface area contributed by atoms with Crippen molar-refractivity contribution >= 4 is 35.0 Å². The van der Waals surface area contributed by atoms with Gasteiger partial charge in [-0.25, -0.2) is 0 Å². The van der Waals surface area contributed by atoms with E-state index in [4.69, 9.17) is 0 Å². The van der Waals surface area contributed by atoms with Crippen LogP contribution in [-0.4, -0.2) is 40.6 Å².